The number of nitrogens with one attached hydrogen (secondary N) is 2. The van der Waals surface area contributed by atoms with Crippen LogP contribution in [0.25, 0.3) is 10.8 Å². The van der Waals surface area contributed by atoms with Crippen LogP contribution in [-0.2, 0) is 4.79 Å². The summed E-state index contributed by atoms with van der Waals surface area (Å²) in [7, 11) is 7.36. The van der Waals surface area contributed by atoms with E-state index in [9.17, 15) is 4.79 Å². The third-order valence-corrected chi connectivity index (χ3v) is 5.88. The molecule has 0 aliphatic heterocycles. The Balaban J connectivity index is 1.57. The van der Waals surface area contributed by atoms with Crippen LogP contribution in [0.15, 0.2) is 79.0 Å². The lowest BCUT2D eigenvalue weighted by Gasteiger charge is -2.21. The molecule has 0 fully saturated rings. The van der Waals surface area contributed by atoms with Gasteiger partial charge in [-0.15, -0.1) is 0 Å². The zero-order chi connectivity index (χ0) is 26.4. The Morgan fingerprint density at radius 1 is 1.05 bits per heavy atom. The fraction of sp³-hybridized carbons (Fsp3) is 0.179. The molecule has 3 aromatic carbocycles. The number of rotatable bonds is 9. The molecule has 4 rings (SSSR count). The average molecular weight is 517 g/mol. The summed E-state index contributed by atoms with van der Waals surface area (Å²) < 4.78 is 5.49. The van der Waals surface area contributed by atoms with Gasteiger partial charge in [0.15, 0.2) is 5.82 Å². The third kappa shape index (κ3) is 6.55. The number of amides is 1. The van der Waals surface area contributed by atoms with Gasteiger partial charge in [0.2, 0.25) is 11.9 Å². The van der Waals surface area contributed by atoms with Crippen LogP contribution in [0.1, 0.15) is 0 Å². The largest absolute Gasteiger partial charge is 0.495 e. The Bertz CT molecular complexity index is 1440. The molecule has 0 atom stereocenters. The first-order valence-corrected chi connectivity index (χ1v) is 12.0. The Labute approximate surface area is 221 Å². The van der Waals surface area contributed by atoms with Crippen molar-refractivity contribution < 1.29 is 9.53 Å². The van der Waals surface area contributed by atoms with Crippen LogP contribution in [0.5, 0.6) is 5.75 Å². The molecule has 190 valence electrons. The SMILES string of the molecule is COc1ccc(NC(=O)/C=C/CN(C)C)cc1Nc1ncc(Cl)c(N(C)c2ccc3ccccc3c2)n1. The summed E-state index contributed by atoms with van der Waals surface area (Å²) in [5, 5.41) is 8.74. The number of benzene rings is 3. The molecule has 0 radical (unpaired) electrons. The number of fused-ring (bicyclic) bond motifs is 1. The lowest BCUT2D eigenvalue weighted by atomic mass is 10.1. The third-order valence-electron chi connectivity index (χ3n) is 5.62. The van der Waals surface area contributed by atoms with Crippen LogP contribution < -0.4 is 20.3 Å². The number of carbonyl (C=O) groups is 1. The Morgan fingerprint density at radius 2 is 1.84 bits per heavy atom. The van der Waals surface area contributed by atoms with Gasteiger partial charge >= 0.3 is 0 Å². The maximum Gasteiger partial charge on any atom is 0.248 e. The van der Waals surface area contributed by atoms with Crippen LogP contribution in [0.2, 0.25) is 5.02 Å². The number of hydrogen-bond donors (Lipinski definition) is 2. The Kier molecular flexibility index (Phi) is 8.22. The number of aromatic nitrogens is 2. The van der Waals surface area contributed by atoms with Crippen LogP contribution >= 0.6 is 11.6 Å². The summed E-state index contributed by atoms with van der Waals surface area (Å²) in [5.41, 5.74) is 2.14. The first-order valence-electron chi connectivity index (χ1n) is 11.7. The highest BCUT2D eigenvalue weighted by Gasteiger charge is 2.14. The maximum absolute atomic E-state index is 12.3. The van der Waals surface area contributed by atoms with Gasteiger partial charge in [-0.05, 0) is 55.2 Å². The molecule has 0 bridgehead atoms. The minimum Gasteiger partial charge on any atom is -0.495 e. The van der Waals surface area contributed by atoms with Gasteiger partial charge in [0.1, 0.15) is 10.8 Å². The zero-order valence-electron chi connectivity index (χ0n) is 21.2. The molecule has 1 amide bonds. The molecule has 0 aliphatic rings. The van der Waals surface area contributed by atoms with E-state index < -0.39 is 0 Å². The molecule has 8 nitrogen and oxygen atoms in total. The molecule has 0 unspecified atom stereocenters. The van der Waals surface area contributed by atoms with E-state index in [1.54, 1.807) is 37.6 Å². The number of hydrogen-bond acceptors (Lipinski definition) is 7. The summed E-state index contributed by atoms with van der Waals surface area (Å²) in [6.07, 6.45) is 4.86. The second kappa shape index (κ2) is 11.7. The lowest BCUT2D eigenvalue weighted by Crippen LogP contribution is -2.13. The molecule has 0 spiro atoms. The van der Waals surface area contributed by atoms with Crippen LogP contribution in [0.3, 0.4) is 0 Å². The number of likely N-dealkylation sites (N-methyl/N-ethyl adjacent to an activating group) is 1. The molecule has 37 heavy (non-hydrogen) atoms. The highest BCUT2D eigenvalue weighted by atomic mass is 35.5. The fourth-order valence-electron chi connectivity index (χ4n) is 3.72. The van der Waals surface area contributed by atoms with Crippen LogP contribution in [-0.4, -0.2) is 55.6 Å². The molecule has 4 aromatic rings. The second-order valence-corrected chi connectivity index (χ2v) is 9.06. The maximum atomic E-state index is 12.3. The van der Waals surface area contributed by atoms with Crippen molar-refractivity contribution in [3.8, 4) is 5.75 Å². The van der Waals surface area contributed by atoms with E-state index in [1.807, 2.05) is 49.1 Å². The Hall–Kier alpha value is -4.14. The summed E-state index contributed by atoms with van der Waals surface area (Å²) in [4.78, 5) is 25.2. The number of anilines is 5. The highest BCUT2D eigenvalue weighted by Crippen LogP contribution is 2.33. The topological polar surface area (TPSA) is 82.6 Å². The standard InChI is InChI=1S/C28H29ClN6O2/c1-34(2)15-7-10-26(36)31-21-12-14-25(37-4)24(17-21)32-28-30-18-23(29)27(33-28)35(3)22-13-11-19-8-5-6-9-20(19)16-22/h5-14,16-18H,15H2,1-4H3,(H,31,36)(H,30,32,33)/b10-7+. The first kappa shape index (κ1) is 25.9. The fourth-order valence-corrected chi connectivity index (χ4v) is 3.94. The number of methoxy groups -OCH3 is 1. The van der Waals surface area contributed by atoms with Crippen molar-refractivity contribution in [2.75, 3.05) is 50.3 Å². The summed E-state index contributed by atoms with van der Waals surface area (Å²) >= 11 is 6.49. The molecule has 0 aliphatic carbocycles. The van der Waals surface area contributed by atoms with Crippen molar-refractivity contribution in [1.29, 1.82) is 0 Å². The molecule has 0 saturated carbocycles. The molecule has 2 N–H and O–H groups in total. The minimum absolute atomic E-state index is 0.222. The molecule has 0 saturated heterocycles. The van der Waals surface area contributed by atoms with E-state index in [2.05, 4.69) is 44.9 Å². The first-order chi connectivity index (χ1) is 17.8. The Morgan fingerprint density at radius 3 is 2.59 bits per heavy atom. The van der Waals surface area contributed by atoms with Gasteiger partial charge in [0, 0.05) is 31.0 Å². The van der Waals surface area contributed by atoms with Crippen molar-refractivity contribution >= 4 is 57.1 Å². The molecule has 1 aromatic heterocycles. The zero-order valence-corrected chi connectivity index (χ0v) is 22.0. The van der Waals surface area contributed by atoms with E-state index in [0.717, 1.165) is 16.5 Å². The summed E-state index contributed by atoms with van der Waals surface area (Å²) in [5.74, 6) is 1.23. The predicted octanol–water partition coefficient (Wildman–Crippen LogP) is 5.86. The van der Waals surface area contributed by atoms with Crippen LogP contribution in [0, 0.1) is 0 Å². The quantitative estimate of drug-likeness (QED) is 0.270. The normalized spacial score (nSPS) is 11.2. The number of ether oxygens (including phenoxy) is 1. The number of nitrogens with zero attached hydrogens (tertiary/aromatic N) is 4. The number of carbonyl (C=O) groups excluding carboxylic acids is 1. The van der Waals surface area contributed by atoms with Crippen molar-refractivity contribution in [3.05, 3.63) is 84.0 Å². The molecule has 1 heterocycles. The van der Waals surface area contributed by atoms with Crippen LogP contribution in [0.4, 0.5) is 28.8 Å². The monoisotopic (exact) mass is 516 g/mol. The van der Waals surface area contributed by atoms with Gasteiger partial charge in [0.05, 0.1) is 19.0 Å². The van der Waals surface area contributed by atoms with E-state index in [1.165, 1.54) is 6.08 Å². The molecular weight excluding hydrogens is 488 g/mol. The molecular formula is C28H29ClN6O2. The van der Waals surface area contributed by atoms with Crippen molar-refractivity contribution in [1.82, 2.24) is 14.9 Å². The van der Waals surface area contributed by atoms with Gasteiger partial charge in [-0.3, -0.25) is 4.79 Å². The smallest absolute Gasteiger partial charge is 0.248 e. The van der Waals surface area contributed by atoms with Gasteiger partial charge in [-0.25, -0.2) is 4.98 Å². The van der Waals surface area contributed by atoms with E-state index in [0.29, 0.717) is 40.5 Å². The van der Waals surface area contributed by atoms with Crippen molar-refractivity contribution in [3.63, 3.8) is 0 Å². The van der Waals surface area contributed by atoms with E-state index in [4.69, 9.17) is 16.3 Å². The second-order valence-electron chi connectivity index (χ2n) is 8.65. The average Bonchev–Trinajstić information content (AvgIpc) is 2.89. The van der Waals surface area contributed by atoms with E-state index >= 15 is 0 Å². The van der Waals surface area contributed by atoms with Crippen molar-refractivity contribution in [2.24, 2.45) is 0 Å². The lowest BCUT2D eigenvalue weighted by molar-refractivity contribution is -0.111. The summed E-state index contributed by atoms with van der Waals surface area (Å²) in [6.45, 7) is 0.673. The number of halogens is 1. The molecule has 9 heteroatoms. The van der Waals surface area contributed by atoms with Gasteiger partial charge < -0.3 is 25.2 Å². The van der Waals surface area contributed by atoms with Gasteiger partial charge in [-0.1, -0.05) is 48.0 Å². The summed E-state index contributed by atoms with van der Waals surface area (Å²) in [6, 6.07) is 19.6. The van der Waals surface area contributed by atoms with Gasteiger partial charge in [0.25, 0.3) is 0 Å². The predicted molar refractivity (Wildman–Crippen MR) is 152 cm³/mol. The highest BCUT2D eigenvalue weighted by molar-refractivity contribution is 6.33. The van der Waals surface area contributed by atoms with E-state index in [-0.39, 0.29) is 5.91 Å². The van der Waals surface area contributed by atoms with Crippen molar-refractivity contribution in [2.45, 2.75) is 0 Å². The minimum atomic E-state index is -0.222. The van der Waals surface area contributed by atoms with Gasteiger partial charge in [-0.2, -0.15) is 4.98 Å².